The summed E-state index contributed by atoms with van der Waals surface area (Å²) in [5.41, 5.74) is 6.53. The predicted molar refractivity (Wildman–Crippen MR) is 68.0 cm³/mol. The van der Waals surface area contributed by atoms with E-state index < -0.39 is 12.0 Å². The fourth-order valence-corrected chi connectivity index (χ4v) is 1.61. The number of hydrogen-bond acceptors (Lipinski definition) is 4. The summed E-state index contributed by atoms with van der Waals surface area (Å²) in [4.78, 5) is 10.7. The highest BCUT2D eigenvalue weighted by molar-refractivity contribution is 5.68. The molecule has 0 saturated heterocycles. The molecule has 0 spiro atoms. The summed E-state index contributed by atoms with van der Waals surface area (Å²) in [6.45, 7) is 4.82. The van der Waals surface area contributed by atoms with Crippen LogP contribution in [0.25, 0.3) is 0 Å². The minimum Gasteiger partial charge on any atom is -0.494 e. The number of ether oxygens (including phenoxy) is 2. The van der Waals surface area contributed by atoms with Gasteiger partial charge in [0.15, 0.2) is 0 Å². The molecule has 0 aliphatic rings. The standard InChI is InChI=1S/C13H19NO4/c1-3-17-10-5-9(12(14)8-13(15)16)6-11(7-10)18-4-2/h5-7,12H,3-4,8,14H2,1-2H3,(H,15,16). The van der Waals surface area contributed by atoms with Crippen molar-refractivity contribution in [1.29, 1.82) is 0 Å². The molecule has 1 atom stereocenters. The molecular weight excluding hydrogens is 234 g/mol. The van der Waals surface area contributed by atoms with Crippen LogP contribution in [0.2, 0.25) is 0 Å². The van der Waals surface area contributed by atoms with Gasteiger partial charge in [-0.3, -0.25) is 4.79 Å². The fraction of sp³-hybridized carbons (Fsp3) is 0.462. The van der Waals surface area contributed by atoms with Crippen LogP contribution in [-0.4, -0.2) is 24.3 Å². The van der Waals surface area contributed by atoms with Crippen molar-refractivity contribution in [3.05, 3.63) is 23.8 Å². The molecule has 0 saturated carbocycles. The van der Waals surface area contributed by atoms with E-state index in [0.29, 0.717) is 30.3 Å². The van der Waals surface area contributed by atoms with Crippen molar-refractivity contribution in [2.45, 2.75) is 26.3 Å². The average molecular weight is 253 g/mol. The van der Waals surface area contributed by atoms with E-state index in [9.17, 15) is 4.79 Å². The van der Waals surface area contributed by atoms with Crippen LogP contribution in [0.5, 0.6) is 11.5 Å². The summed E-state index contributed by atoms with van der Waals surface area (Å²) in [5.74, 6) is 0.348. The molecule has 0 aromatic heterocycles. The minimum absolute atomic E-state index is 0.124. The molecule has 0 radical (unpaired) electrons. The Morgan fingerprint density at radius 1 is 1.22 bits per heavy atom. The van der Waals surface area contributed by atoms with E-state index in [0.717, 1.165) is 0 Å². The summed E-state index contributed by atoms with van der Waals surface area (Å²) in [6, 6.07) is 4.70. The van der Waals surface area contributed by atoms with Crippen LogP contribution >= 0.6 is 0 Å². The number of carboxylic acid groups (broad SMARTS) is 1. The first kappa shape index (κ1) is 14.3. The molecule has 0 aliphatic heterocycles. The summed E-state index contributed by atoms with van der Waals surface area (Å²) >= 11 is 0. The number of carboxylic acids is 1. The molecule has 0 bridgehead atoms. The molecule has 18 heavy (non-hydrogen) atoms. The zero-order valence-electron chi connectivity index (χ0n) is 10.7. The van der Waals surface area contributed by atoms with Gasteiger partial charge in [-0.25, -0.2) is 0 Å². The fourth-order valence-electron chi connectivity index (χ4n) is 1.61. The Kier molecular flexibility index (Phi) is 5.45. The van der Waals surface area contributed by atoms with Gasteiger partial charge in [-0.05, 0) is 31.5 Å². The van der Waals surface area contributed by atoms with Gasteiger partial charge in [0.2, 0.25) is 0 Å². The van der Waals surface area contributed by atoms with Crippen molar-refractivity contribution in [3.8, 4) is 11.5 Å². The number of rotatable bonds is 7. The maximum atomic E-state index is 10.7. The van der Waals surface area contributed by atoms with Crippen LogP contribution in [0.3, 0.4) is 0 Å². The van der Waals surface area contributed by atoms with Crippen LogP contribution in [0, 0.1) is 0 Å². The SMILES string of the molecule is CCOc1cc(OCC)cc(C(N)CC(=O)O)c1. The van der Waals surface area contributed by atoms with Crippen molar-refractivity contribution in [3.63, 3.8) is 0 Å². The lowest BCUT2D eigenvalue weighted by atomic mass is 10.0. The quantitative estimate of drug-likeness (QED) is 0.776. The summed E-state index contributed by atoms with van der Waals surface area (Å²) in [7, 11) is 0. The third kappa shape index (κ3) is 4.25. The molecule has 3 N–H and O–H groups in total. The zero-order valence-corrected chi connectivity index (χ0v) is 10.7. The van der Waals surface area contributed by atoms with Crippen molar-refractivity contribution in [1.82, 2.24) is 0 Å². The molecule has 1 aromatic carbocycles. The molecule has 5 nitrogen and oxygen atoms in total. The Morgan fingerprint density at radius 3 is 2.11 bits per heavy atom. The van der Waals surface area contributed by atoms with Crippen LogP contribution < -0.4 is 15.2 Å². The van der Waals surface area contributed by atoms with E-state index in [2.05, 4.69) is 0 Å². The Bertz CT molecular complexity index is 382. The first-order chi connectivity index (χ1) is 8.56. The number of hydrogen-bond donors (Lipinski definition) is 2. The van der Waals surface area contributed by atoms with Gasteiger partial charge in [-0.2, -0.15) is 0 Å². The zero-order chi connectivity index (χ0) is 13.5. The lowest BCUT2D eigenvalue weighted by Crippen LogP contribution is -2.15. The van der Waals surface area contributed by atoms with Gasteiger partial charge in [-0.15, -0.1) is 0 Å². The molecule has 100 valence electrons. The van der Waals surface area contributed by atoms with E-state index in [-0.39, 0.29) is 6.42 Å². The maximum Gasteiger partial charge on any atom is 0.305 e. The lowest BCUT2D eigenvalue weighted by molar-refractivity contribution is -0.137. The lowest BCUT2D eigenvalue weighted by Gasteiger charge is -2.14. The highest BCUT2D eigenvalue weighted by Crippen LogP contribution is 2.27. The van der Waals surface area contributed by atoms with Gasteiger partial charge in [0, 0.05) is 12.1 Å². The topological polar surface area (TPSA) is 81.8 Å². The second-order valence-corrected chi connectivity index (χ2v) is 3.81. The first-order valence-electron chi connectivity index (χ1n) is 5.94. The third-order valence-electron chi connectivity index (χ3n) is 2.35. The molecule has 5 heteroatoms. The molecule has 1 rings (SSSR count). The minimum atomic E-state index is -0.928. The van der Waals surface area contributed by atoms with Gasteiger partial charge in [0.05, 0.1) is 19.6 Å². The van der Waals surface area contributed by atoms with Crippen molar-refractivity contribution in [2.24, 2.45) is 5.73 Å². The molecule has 0 amide bonds. The molecule has 0 aliphatic carbocycles. The van der Waals surface area contributed by atoms with Gasteiger partial charge < -0.3 is 20.3 Å². The molecule has 0 heterocycles. The van der Waals surface area contributed by atoms with Crippen LogP contribution in [0.4, 0.5) is 0 Å². The maximum absolute atomic E-state index is 10.7. The van der Waals surface area contributed by atoms with Gasteiger partial charge in [-0.1, -0.05) is 0 Å². The predicted octanol–water partition coefficient (Wildman–Crippen LogP) is 1.96. The van der Waals surface area contributed by atoms with E-state index in [4.69, 9.17) is 20.3 Å². The summed E-state index contributed by atoms with van der Waals surface area (Å²) < 4.78 is 10.8. The second-order valence-electron chi connectivity index (χ2n) is 3.81. The van der Waals surface area contributed by atoms with Crippen LogP contribution in [-0.2, 0) is 4.79 Å². The second kappa shape index (κ2) is 6.86. The van der Waals surface area contributed by atoms with Gasteiger partial charge in [0.25, 0.3) is 0 Å². The highest BCUT2D eigenvalue weighted by atomic mass is 16.5. The van der Waals surface area contributed by atoms with E-state index in [1.807, 2.05) is 13.8 Å². The molecule has 1 unspecified atom stereocenters. The number of aliphatic carboxylic acids is 1. The van der Waals surface area contributed by atoms with Gasteiger partial charge >= 0.3 is 5.97 Å². The first-order valence-corrected chi connectivity index (χ1v) is 5.94. The van der Waals surface area contributed by atoms with Crippen LogP contribution in [0.15, 0.2) is 18.2 Å². The number of benzene rings is 1. The van der Waals surface area contributed by atoms with Crippen molar-refractivity contribution in [2.75, 3.05) is 13.2 Å². The molecule has 1 aromatic rings. The Hall–Kier alpha value is -1.75. The largest absolute Gasteiger partial charge is 0.494 e. The number of nitrogens with two attached hydrogens (primary N) is 1. The smallest absolute Gasteiger partial charge is 0.305 e. The summed E-state index contributed by atoms with van der Waals surface area (Å²) in [6.07, 6.45) is -0.124. The van der Waals surface area contributed by atoms with E-state index in [1.54, 1.807) is 18.2 Å². The average Bonchev–Trinajstić information content (AvgIpc) is 2.28. The van der Waals surface area contributed by atoms with Crippen LogP contribution in [0.1, 0.15) is 31.9 Å². The van der Waals surface area contributed by atoms with E-state index in [1.165, 1.54) is 0 Å². The van der Waals surface area contributed by atoms with Crippen molar-refractivity contribution >= 4 is 5.97 Å². The summed E-state index contributed by atoms with van der Waals surface area (Å²) in [5, 5.41) is 8.75. The molecular formula is C13H19NO4. The van der Waals surface area contributed by atoms with Crippen molar-refractivity contribution < 1.29 is 19.4 Å². The number of carbonyl (C=O) groups is 1. The van der Waals surface area contributed by atoms with Gasteiger partial charge in [0.1, 0.15) is 11.5 Å². The Balaban J connectivity index is 2.97. The third-order valence-corrected chi connectivity index (χ3v) is 2.35. The normalized spacial score (nSPS) is 11.9. The Morgan fingerprint density at radius 2 is 1.72 bits per heavy atom. The monoisotopic (exact) mass is 253 g/mol. The van der Waals surface area contributed by atoms with E-state index >= 15 is 0 Å². The highest BCUT2D eigenvalue weighted by Gasteiger charge is 2.13. The Labute approximate surface area is 107 Å². The molecule has 0 fully saturated rings.